The van der Waals surface area contributed by atoms with Gasteiger partial charge in [0.2, 0.25) is 0 Å². The monoisotopic (exact) mass is 162 g/mol. The van der Waals surface area contributed by atoms with E-state index in [0.29, 0.717) is 6.61 Å². The van der Waals surface area contributed by atoms with Crippen LogP contribution in [0.1, 0.15) is 19.3 Å². The second-order valence-corrected chi connectivity index (χ2v) is 2.68. The Morgan fingerprint density at radius 2 is 2.55 bits per heavy atom. The zero-order chi connectivity index (χ0) is 8.27. The molecule has 1 N–H and O–H groups in total. The minimum Gasteiger partial charge on any atom is -0.479 e. The van der Waals surface area contributed by atoms with E-state index in [0.717, 1.165) is 12.8 Å². The fourth-order valence-electron chi connectivity index (χ4n) is 1.16. The number of carboxylic acid groups (broad SMARTS) is 1. The first-order chi connectivity index (χ1) is 5.20. The van der Waals surface area contributed by atoms with Crippen LogP contribution in [0.2, 0.25) is 0 Å². The summed E-state index contributed by atoms with van der Waals surface area (Å²) in [5.41, 5.74) is 0. The Morgan fingerprint density at radius 3 is 3.00 bits per heavy atom. The summed E-state index contributed by atoms with van der Waals surface area (Å²) in [6, 6.07) is 0. The van der Waals surface area contributed by atoms with E-state index in [-0.39, 0.29) is 12.5 Å². The van der Waals surface area contributed by atoms with Crippen molar-refractivity contribution in [3.05, 3.63) is 0 Å². The molecule has 0 spiro atoms. The van der Waals surface area contributed by atoms with Gasteiger partial charge in [-0.1, -0.05) is 0 Å². The molecule has 2 atom stereocenters. The second kappa shape index (κ2) is 3.67. The summed E-state index contributed by atoms with van der Waals surface area (Å²) in [4.78, 5) is 10.1. The van der Waals surface area contributed by atoms with Crippen molar-refractivity contribution < 1.29 is 19.0 Å². The first-order valence-electron chi connectivity index (χ1n) is 3.68. The highest BCUT2D eigenvalue weighted by Crippen LogP contribution is 2.18. The first kappa shape index (κ1) is 8.46. The van der Waals surface area contributed by atoms with Gasteiger partial charge in [0, 0.05) is 13.0 Å². The van der Waals surface area contributed by atoms with E-state index in [1.165, 1.54) is 0 Å². The van der Waals surface area contributed by atoms with Gasteiger partial charge in [-0.15, -0.1) is 0 Å². The third-order valence-electron chi connectivity index (χ3n) is 1.76. The van der Waals surface area contributed by atoms with Crippen LogP contribution in [-0.4, -0.2) is 30.0 Å². The minimum absolute atomic E-state index is 0.00463. The summed E-state index contributed by atoms with van der Waals surface area (Å²) >= 11 is 0. The maximum Gasteiger partial charge on any atom is 0.338 e. The summed E-state index contributed by atoms with van der Waals surface area (Å²) in [7, 11) is 0. The van der Waals surface area contributed by atoms with Crippen molar-refractivity contribution in [1.29, 1.82) is 0 Å². The van der Waals surface area contributed by atoms with Crippen molar-refractivity contribution in [1.82, 2.24) is 0 Å². The van der Waals surface area contributed by atoms with Crippen LogP contribution in [-0.2, 0) is 9.53 Å². The molecule has 64 valence electrons. The molecule has 0 bridgehead atoms. The molecule has 0 unspecified atom stereocenters. The number of halogens is 1. The molecule has 1 saturated heterocycles. The van der Waals surface area contributed by atoms with Gasteiger partial charge >= 0.3 is 5.97 Å². The van der Waals surface area contributed by atoms with E-state index in [4.69, 9.17) is 9.84 Å². The molecule has 0 aromatic carbocycles. The van der Waals surface area contributed by atoms with Gasteiger partial charge in [-0.25, -0.2) is 9.18 Å². The van der Waals surface area contributed by atoms with E-state index in [1.807, 2.05) is 0 Å². The molecule has 0 saturated carbocycles. The summed E-state index contributed by atoms with van der Waals surface area (Å²) < 4.78 is 17.6. The Kier molecular flexibility index (Phi) is 2.82. The van der Waals surface area contributed by atoms with Gasteiger partial charge in [-0.3, -0.25) is 0 Å². The predicted molar refractivity (Wildman–Crippen MR) is 36.1 cm³/mol. The van der Waals surface area contributed by atoms with Crippen LogP contribution in [0.4, 0.5) is 4.39 Å². The van der Waals surface area contributed by atoms with E-state index in [1.54, 1.807) is 0 Å². The summed E-state index contributed by atoms with van der Waals surface area (Å²) in [6.45, 7) is 0.636. The number of hydrogen-bond donors (Lipinski definition) is 1. The van der Waals surface area contributed by atoms with Gasteiger partial charge in [0.1, 0.15) is 0 Å². The maximum absolute atomic E-state index is 12.5. The largest absolute Gasteiger partial charge is 0.479 e. The Hall–Kier alpha value is -0.640. The van der Waals surface area contributed by atoms with Crippen molar-refractivity contribution in [2.75, 3.05) is 6.61 Å². The van der Waals surface area contributed by atoms with Crippen LogP contribution in [0, 0.1) is 0 Å². The third-order valence-corrected chi connectivity index (χ3v) is 1.76. The normalized spacial score (nSPS) is 26.8. The molecule has 0 radical (unpaired) electrons. The Bertz CT molecular complexity index is 143. The first-order valence-corrected chi connectivity index (χ1v) is 3.68. The average molecular weight is 162 g/mol. The zero-order valence-corrected chi connectivity index (χ0v) is 6.12. The molecule has 1 aliphatic rings. The lowest BCUT2D eigenvalue weighted by atomic mass is 10.1. The molecule has 1 fully saturated rings. The van der Waals surface area contributed by atoms with E-state index < -0.39 is 12.1 Å². The van der Waals surface area contributed by atoms with Crippen molar-refractivity contribution >= 4 is 5.97 Å². The minimum atomic E-state index is -1.77. The molecule has 0 aromatic heterocycles. The van der Waals surface area contributed by atoms with E-state index >= 15 is 0 Å². The SMILES string of the molecule is O=C(O)[C@@H](F)C[C@@H]1CCCO1. The van der Waals surface area contributed by atoms with Crippen LogP contribution in [0.15, 0.2) is 0 Å². The van der Waals surface area contributed by atoms with Gasteiger partial charge in [0.05, 0.1) is 6.10 Å². The van der Waals surface area contributed by atoms with Gasteiger partial charge in [0.15, 0.2) is 6.17 Å². The van der Waals surface area contributed by atoms with Crippen molar-refractivity contribution in [2.24, 2.45) is 0 Å². The van der Waals surface area contributed by atoms with Gasteiger partial charge in [0.25, 0.3) is 0 Å². The highest BCUT2D eigenvalue weighted by Gasteiger charge is 2.24. The number of carboxylic acids is 1. The quantitative estimate of drug-likeness (QED) is 0.672. The third kappa shape index (κ3) is 2.46. The number of carbonyl (C=O) groups is 1. The highest BCUT2D eigenvalue weighted by atomic mass is 19.1. The Labute approximate surface area is 64.2 Å². The molecular weight excluding hydrogens is 151 g/mol. The summed E-state index contributed by atoms with van der Waals surface area (Å²) in [5, 5.41) is 8.21. The average Bonchev–Trinajstić information content (AvgIpc) is 2.39. The molecule has 4 heteroatoms. The maximum atomic E-state index is 12.5. The Morgan fingerprint density at radius 1 is 1.82 bits per heavy atom. The van der Waals surface area contributed by atoms with E-state index in [9.17, 15) is 9.18 Å². The number of alkyl halides is 1. The molecule has 0 aromatic rings. The molecule has 3 nitrogen and oxygen atoms in total. The molecular formula is C7H11FO3. The predicted octanol–water partition coefficient (Wildman–Crippen LogP) is 0.978. The van der Waals surface area contributed by atoms with Crippen molar-refractivity contribution in [2.45, 2.75) is 31.5 Å². The smallest absolute Gasteiger partial charge is 0.338 e. The van der Waals surface area contributed by atoms with Gasteiger partial charge in [-0.05, 0) is 12.8 Å². The Balaban J connectivity index is 2.23. The van der Waals surface area contributed by atoms with Crippen LogP contribution in [0.25, 0.3) is 0 Å². The fourth-order valence-corrected chi connectivity index (χ4v) is 1.16. The number of rotatable bonds is 3. The van der Waals surface area contributed by atoms with Crippen LogP contribution < -0.4 is 0 Å². The van der Waals surface area contributed by atoms with Crippen molar-refractivity contribution in [3.63, 3.8) is 0 Å². The number of hydrogen-bond acceptors (Lipinski definition) is 2. The van der Waals surface area contributed by atoms with Crippen LogP contribution in [0.5, 0.6) is 0 Å². The van der Waals surface area contributed by atoms with E-state index in [2.05, 4.69) is 0 Å². The number of aliphatic carboxylic acids is 1. The lowest BCUT2D eigenvalue weighted by molar-refractivity contribution is -0.144. The fraction of sp³-hybridized carbons (Fsp3) is 0.857. The summed E-state index contributed by atoms with van der Waals surface area (Å²) in [5.74, 6) is -1.39. The van der Waals surface area contributed by atoms with Crippen LogP contribution >= 0.6 is 0 Å². The summed E-state index contributed by atoms with van der Waals surface area (Å²) in [6.07, 6.45) is -0.251. The standard InChI is InChI=1S/C7H11FO3/c8-6(7(9)10)4-5-2-1-3-11-5/h5-6H,1-4H2,(H,9,10)/t5-,6-/m0/s1. The molecule has 1 aliphatic heterocycles. The molecule has 11 heavy (non-hydrogen) atoms. The number of ether oxygens (including phenoxy) is 1. The lowest BCUT2D eigenvalue weighted by Gasteiger charge is -2.09. The lowest BCUT2D eigenvalue weighted by Crippen LogP contribution is -2.21. The second-order valence-electron chi connectivity index (χ2n) is 2.68. The molecule has 0 aliphatic carbocycles. The van der Waals surface area contributed by atoms with Crippen LogP contribution in [0.3, 0.4) is 0 Å². The van der Waals surface area contributed by atoms with Crippen molar-refractivity contribution in [3.8, 4) is 0 Å². The molecule has 0 amide bonds. The highest BCUT2D eigenvalue weighted by molar-refractivity contribution is 5.72. The molecule has 1 rings (SSSR count). The molecule has 1 heterocycles. The topological polar surface area (TPSA) is 46.5 Å². The zero-order valence-electron chi connectivity index (χ0n) is 6.12. The van der Waals surface area contributed by atoms with Gasteiger partial charge in [-0.2, -0.15) is 0 Å². The van der Waals surface area contributed by atoms with Gasteiger partial charge < -0.3 is 9.84 Å².